The number of benzene rings is 1. The third kappa shape index (κ3) is 4.71. The Morgan fingerprint density at radius 3 is 2.58 bits per heavy atom. The summed E-state index contributed by atoms with van der Waals surface area (Å²) in [5, 5.41) is 4.96. The van der Waals surface area contributed by atoms with Gasteiger partial charge < -0.3 is 16.4 Å². The van der Waals surface area contributed by atoms with Crippen LogP contribution >= 0.6 is 15.9 Å². The van der Waals surface area contributed by atoms with Crippen molar-refractivity contribution in [1.82, 2.24) is 10.3 Å². The van der Waals surface area contributed by atoms with Crippen molar-refractivity contribution in [3.8, 4) is 0 Å². The number of pyridine rings is 1. The molecule has 0 spiro atoms. The zero-order valence-electron chi connectivity index (χ0n) is 12.6. The number of nitrogens with two attached hydrogens (primary N) is 1. The number of carbonyl (C=O) groups is 3. The monoisotopic (exact) mass is 390 g/mol. The molecular formula is C16H15BrN4O3. The summed E-state index contributed by atoms with van der Waals surface area (Å²) in [6.45, 7) is -0.426. The van der Waals surface area contributed by atoms with Gasteiger partial charge in [0.05, 0.1) is 18.8 Å². The van der Waals surface area contributed by atoms with Gasteiger partial charge in [0.1, 0.15) is 5.69 Å². The lowest BCUT2D eigenvalue weighted by atomic mass is 10.1. The van der Waals surface area contributed by atoms with Gasteiger partial charge in [0.2, 0.25) is 17.6 Å². The number of amides is 2. The Morgan fingerprint density at radius 1 is 1.12 bits per heavy atom. The maximum atomic E-state index is 12.6. The second-order valence-corrected chi connectivity index (χ2v) is 5.68. The average Bonchev–Trinajstić information content (AvgIpc) is 2.59. The fraction of sp³-hybridized carbons (Fsp3) is 0.125. The molecular weight excluding hydrogens is 376 g/mol. The van der Waals surface area contributed by atoms with E-state index < -0.39 is 11.8 Å². The SMILES string of the molecule is NCC(=O)NCC(=O)Nc1ccccc1C(=O)c1cc(Br)ccn1. The second-order valence-electron chi connectivity index (χ2n) is 4.76. The van der Waals surface area contributed by atoms with Crippen LogP contribution < -0.4 is 16.4 Å². The van der Waals surface area contributed by atoms with Crippen LogP contribution in [0.3, 0.4) is 0 Å². The van der Waals surface area contributed by atoms with Gasteiger partial charge in [-0.2, -0.15) is 0 Å². The molecule has 0 unspecified atom stereocenters. The van der Waals surface area contributed by atoms with E-state index in [-0.39, 0.29) is 24.6 Å². The highest BCUT2D eigenvalue weighted by atomic mass is 79.9. The summed E-state index contributed by atoms with van der Waals surface area (Å²) in [6, 6.07) is 9.90. The summed E-state index contributed by atoms with van der Waals surface area (Å²) in [7, 11) is 0. The van der Waals surface area contributed by atoms with Gasteiger partial charge >= 0.3 is 0 Å². The van der Waals surface area contributed by atoms with Gasteiger partial charge in [-0.15, -0.1) is 0 Å². The molecule has 0 bridgehead atoms. The summed E-state index contributed by atoms with van der Waals surface area (Å²) in [6.07, 6.45) is 1.51. The van der Waals surface area contributed by atoms with Crippen molar-refractivity contribution in [2.24, 2.45) is 5.73 Å². The Kier molecular flexibility index (Phi) is 6.16. The van der Waals surface area contributed by atoms with Crippen LogP contribution in [0, 0.1) is 0 Å². The van der Waals surface area contributed by atoms with Crippen molar-refractivity contribution >= 4 is 39.2 Å². The molecule has 0 atom stereocenters. The van der Waals surface area contributed by atoms with Crippen molar-refractivity contribution in [2.75, 3.05) is 18.4 Å². The summed E-state index contributed by atoms with van der Waals surface area (Å²) in [4.78, 5) is 39.6. The van der Waals surface area contributed by atoms with E-state index >= 15 is 0 Å². The number of hydrogen-bond donors (Lipinski definition) is 3. The number of anilines is 1. The summed E-state index contributed by atoms with van der Waals surface area (Å²) < 4.78 is 0.729. The first-order chi connectivity index (χ1) is 11.5. The fourth-order valence-corrected chi connectivity index (χ4v) is 2.24. The smallest absolute Gasteiger partial charge is 0.243 e. The van der Waals surface area contributed by atoms with E-state index in [1.165, 1.54) is 6.20 Å². The standard InChI is InChI=1S/C16H15BrN4O3/c17-10-5-6-19-13(7-10)16(24)11-3-1-2-4-12(11)21-15(23)9-20-14(22)8-18/h1-7H,8-9,18H2,(H,20,22)(H,21,23). The highest BCUT2D eigenvalue weighted by molar-refractivity contribution is 9.10. The molecule has 1 heterocycles. The van der Waals surface area contributed by atoms with Gasteiger partial charge in [-0.05, 0) is 24.3 Å². The Hall–Kier alpha value is -2.58. The summed E-state index contributed by atoms with van der Waals surface area (Å²) in [5.41, 5.74) is 6.06. The third-order valence-electron chi connectivity index (χ3n) is 3.03. The predicted molar refractivity (Wildman–Crippen MR) is 92.5 cm³/mol. The van der Waals surface area contributed by atoms with Crippen LogP contribution in [0.1, 0.15) is 16.1 Å². The van der Waals surface area contributed by atoms with E-state index in [1.807, 2.05) is 0 Å². The van der Waals surface area contributed by atoms with Crippen LogP contribution in [0.15, 0.2) is 47.1 Å². The molecule has 4 N–H and O–H groups in total. The number of aromatic nitrogens is 1. The second kappa shape index (κ2) is 8.32. The van der Waals surface area contributed by atoms with E-state index in [1.54, 1.807) is 36.4 Å². The van der Waals surface area contributed by atoms with E-state index in [0.717, 1.165) is 4.47 Å². The minimum atomic E-state index is -0.459. The molecule has 1 aromatic carbocycles. The Balaban J connectivity index is 2.17. The van der Waals surface area contributed by atoms with Crippen LogP contribution in [0.25, 0.3) is 0 Å². The van der Waals surface area contributed by atoms with Crippen molar-refractivity contribution in [3.63, 3.8) is 0 Å². The van der Waals surface area contributed by atoms with Crippen LogP contribution in [0.4, 0.5) is 5.69 Å². The quantitative estimate of drug-likeness (QED) is 0.638. The van der Waals surface area contributed by atoms with Crippen molar-refractivity contribution < 1.29 is 14.4 Å². The molecule has 0 aliphatic heterocycles. The lowest BCUT2D eigenvalue weighted by Gasteiger charge is -2.10. The molecule has 1 aromatic heterocycles. The first-order valence-electron chi connectivity index (χ1n) is 7.03. The zero-order valence-corrected chi connectivity index (χ0v) is 14.2. The average molecular weight is 391 g/mol. The Morgan fingerprint density at radius 2 is 1.88 bits per heavy atom. The number of hydrogen-bond acceptors (Lipinski definition) is 5. The fourth-order valence-electron chi connectivity index (χ4n) is 1.90. The summed E-state index contributed by atoms with van der Waals surface area (Å²) >= 11 is 3.29. The number of ketones is 1. The molecule has 124 valence electrons. The number of halogens is 1. The molecule has 0 aliphatic rings. The molecule has 8 heteroatoms. The molecule has 2 aromatic rings. The van der Waals surface area contributed by atoms with Gasteiger partial charge in [0, 0.05) is 16.2 Å². The van der Waals surface area contributed by atoms with Gasteiger partial charge in [-0.3, -0.25) is 19.4 Å². The van der Waals surface area contributed by atoms with Crippen molar-refractivity contribution in [1.29, 1.82) is 0 Å². The van der Waals surface area contributed by atoms with Gasteiger partial charge in [-0.1, -0.05) is 28.1 Å². The van der Waals surface area contributed by atoms with Crippen LogP contribution in [0.5, 0.6) is 0 Å². The minimum Gasteiger partial charge on any atom is -0.346 e. The van der Waals surface area contributed by atoms with E-state index in [9.17, 15) is 14.4 Å². The maximum absolute atomic E-state index is 12.6. The molecule has 2 amide bonds. The first kappa shape index (κ1) is 17.8. The molecule has 0 radical (unpaired) electrons. The van der Waals surface area contributed by atoms with E-state index in [0.29, 0.717) is 11.3 Å². The molecule has 0 aliphatic carbocycles. The predicted octanol–water partition coefficient (Wildman–Crippen LogP) is 1.09. The first-order valence-corrected chi connectivity index (χ1v) is 7.82. The topological polar surface area (TPSA) is 114 Å². The molecule has 0 saturated carbocycles. The highest BCUT2D eigenvalue weighted by Crippen LogP contribution is 2.20. The molecule has 0 fully saturated rings. The minimum absolute atomic E-state index is 0.198. The number of nitrogens with zero attached hydrogens (tertiary/aromatic N) is 1. The maximum Gasteiger partial charge on any atom is 0.243 e. The van der Waals surface area contributed by atoms with E-state index in [4.69, 9.17) is 5.73 Å². The normalized spacial score (nSPS) is 10.1. The highest BCUT2D eigenvalue weighted by Gasteiger charge is 2.16. The van der Waals surface area contributed by atoms with Crippen LogP contribution in [0.2, 0.25) is 0 Å². The molecule has 0 saturated heterocycles. The number of nitrogens with one attached hydrogen (secondary N) is 2. The van der Waals surface area contributed by atoms with Crippen LogP contribution in [-0.2, 0) is 9.59 Å². The lowest BCUT2D eigenvalue weighted by Crippen LogP contribution is -2.36. The molecule has 7 nitrogen and oxygen atoms in total. The summed E-state index contributed by atoms with van der Waals surface area (Å²) in [5.74, 6) is -1.22. The third-order valence-corrected chi connectivity index (χ3v) is 3.53. The number of para-hydroxylation sites is 1. The van der Waals surface area contributed by atoms with Gasteiger partial charge in [-0.25, -0.2) is 0 Å². The molecule has 2 rings (SSSR count). The number of carbonyl (C=O) groups excluding carboxylic acids is 3. The largest absolute Gasteiger partial charge is 0.346 e. The van der Waals surface area contributed by atoms with Crippen LogP contribution in [-0.4, -0.2) is 35.7 Å². The van der Waals surface area contributed by atoms with Gasteiger partial charge in [0.15, 0.2) is 0 Å². The lowest BCUT2D eigenvalue weighted by molar-refractivity contribution is -0.123. The Bertz CT molecular complexity index is 779. The molecule has 24 heavy (non-hydrogen) atoms. The van der Waals surface area contributed by atoms with E-state index in [2.05, 4.69) is 31.5 Å². The van der Waals surface area contributed by atoms with Gasteiger partial charge in [0.25, 0.3) is 0 Å². The number of rotatable bonds is 6. The Labute approximate surface area is 146 Å². The zero-order chi connectivity index (χ0) is 17.5. The van der Waals surface area contributed by atoms with Crippen molar-refractivity contribution in [2.45, 2.75) is 0 Å². The van der Waals surface area contributed by atoms with Crippen molar-refractivity contribution in [3.05, 3.63) is 58.3 Å².